The number of hydrogen-bond acceptors (Lipinski definition) is 10. The summed E-state index contributed by atoms with van der Waals surface area (Å²) >= 11 is 3.10. The molecule has 1 heterocycles. The van der Waals surface area contributed by atoms with Crippen molar-refractivity contribution in [3.05, 3.63) is 53.9 Å². The van der Waals surface area contributed by atoms with Gasteiger partial charge in [0.25, 0.3) is 5.91 Å². The van der Waals surface area contributed by atoms with Crippen molar-refractivity contribution in [2.75, 3.05) is 12.4 Å². The van der Waals surface area contributed by atoms with Crippen LogP contribution in [0.5, 0.6) is 0 Å². The Morgan fingerprint density at radius 1 is 0.936 bits per heavy atom. The van der Waals surface area contributed by atoms with Crippen LogP contribution in [0, 0.1) is 5.92 Å². The molecular weight excluding hydrogens is 674 g/mol. The van der Waals surface area contributed by atoms with Gasteiger partial charge in [0.1, 0.15) is 24.4 Å². The van der Waals surface area contributed by atoms with Gasteiger partial charge in [-0.2, -0.15) is 0 Å². The van der Waals surface area contributed by atoms with Crippen LogP contribution in [-0.2, 0) is 41.8 Å². The van der Waals surface area contributed by atoms with Crippen LogP contribution in [-0.4, -0.2) is 85.8 Å². The van der Waals surface area contributed by atoms with E-state index in [4.69, 9.17) is 9.47 Å². The first-order valence-corrected chi connectivity index (χ1v) is 16.3. The molecule has 15 heteroatoms. The van der Waals surface area contributed by atoms with Crippen molar-refractivity contribution in [3.63, 3.8) is 0 Å². The Balaban J connectivity index is 1.84. The van der Waals surface area contributed by atoms with Gasteiger partial charge < -0.3 is 25.4 Å². The molecule has 0 aliphatic carbocycles. The fourth-order valence-corrected chi connectivity index (χ4v) is 5.16. The lowest BCUT2D eigenvalue weighted by Crippen LogP contribution is -2.57. The molecule has 3 amide bonds. The first-order chi connectivity index (χ1) is 22.2. The molecule has 47 heavy (non-hydrogen) atoms. The maximum atomic E-state index is 13.8. The Morgan fingerprint density at radius 2 is 1.64 bits per heavy atom. The zero-order valence-electron chi connectivity index (χ0n) is 27.4. The van der Waals surface area contributed by atoms with Gasteiger partial charge in [0.15, 0.2) is 11.6 Å². The van der Waals surface area contributed by atoms with Crippen molar-refractivity contribution in [1.29, 1.82) is 0 Å². The highest BCUT2D eigenvalue weighted by Gasteiger charge is 2.33. The number of nitrogens with one attached hydrogen (secondary N) is 3. The summed E-state index contributed by atoms with van der Waals surface area (Å²) in [5.74, 6) is -2.87. The Labute approximate surface area is 281 Å². The predicted octanol–water partition coefficient (Wildman–Crippen LogP) is 2.48. The van der Waals surface area contributed by atoms with E-state index in [1.165, 1.54) is 11.8 Å². The molecule has 0 aliphatic heterocycles. The van der Waals surface area contributed by atoms with Gasteiger partial charge in [0.2, 0.25) is 11.8 Å². The molecule has 0 unspecified atom stereocenters. The first kappa shape index (κ1) is 37.2. The number of nitrogens with zero attached hydrogens (tertiary/aromatic N) is 4. The third-order valence-electron chi connectivity index (χ3n) is 7.04. The number of hydrogen-bond donors (Lipinski definition) is 3. The van der Waals surface area contributed by atoms with E-state index < -0.39 is 59.1 Å². The van der Waals surface area contributed by atoms with Crippen LogP contribution < -0.4 is 16.0 Å². The second-order valence-corrected chi connectivity index (χ2v) is 12.8. The minimum absolute atomic E-state index is 0.0855. The minimum atomic E-state index is -1.18. The summed E-state index contributed by atoms with van der Waals surface area (Å²) in [7, 11) is 1.49. The lowest BCUT2D eigenvalue weighted by molar-refractivity contribution is -0.156. The quantitative estimate of drug-likeness (QED) is 0.147. The number of benzene rings is 2. The number of carbonyl (C=O) groups is 5. The van der Waals surface area contributed by atoms with Gasteiger partial charge in [-0.05, 0) is 60.4 Å². The Hall–Kier alpha value is -4.24. The standard InChI is InChI=1S/C32H42BrN7O7/c1-19(2)28(31(45)35-24(25(41)17-33)16-27(42)47-32(3,4)5)36-30(44)23(14-15-26-37-38-39-40(26)18-46-6)34-29(43)22-13-9-11-20-10-7-8-12-21(20)22/h7-13,19,23-24,28H,14-18H2,1-6H3,(H,34,43)(H,35,45)(H,36,44)/t23-,24-,28-/m0/s1. The molecule has 3 aromatic rings. The van der Waals surface area contributed by atoms with Crippen molar-refractivity contribution < 1.29 is 33.4 Å². The summed E-state index contributed by atoms with van der Waals surface area (Å²) in [4.78, 5) is 66.1. The van der Waals surface area contributed by atoms with Crippen molar-refractivity contribution in [2.45, 2.75) is 84.3 Å². The first-order valence-electron chi connectivity index (χ1n) is 15.2. The molecule has 14 nitrogen and oxygen atoms in total. The van der Waals surface area contributed by atoms with Gasteiger partial charge in [-0.15, -0.1) is 5.10 Å². The molecule has 3 atom stereocenters. The maximum absolute atomic E-state index is 13.8. The number of fused-ring (bicyclic) bond motifs is 1. The summed E-state index contributed by atoms with van der Waals surface area (Å²) in [5, 5.41) is 21.2. The summed E-state index contributed by atoms with van der Waals surface area (Å²) in [5.41, 5.74) is -0.405. The average molecular weight is 717 g/mol. The Kier molecular flexibility index (Phi) is 13.5. The van der Waals surface area contributed by atoms with Crippen LogP contribution in [0.4, 0.5) is 0 Å². The topological polar surface area (TPSA) is 183 Å². The van der Waals surface area contributed by atoms with Gasteiger partial charge in [-0.3, -0.25) is 24.0 Å². The molecule has 1 aromatic heterocycles. The van der Waals surface area contributed by atoms with Crippen LogP contribution in [0.15, 0.2) is 42.5 Å². The van der Waals surface area contributed by atoms with Crippen LogP contribution in [0.1, 0.15) is 63.6 Å². The molecule has 254 valence electrons. The van der Waals surface area contributed by atoms with E-state index >= 15 is 0 Å². The Bertz CT molecular complexity index is 1570. The number of carbonyl (C=O) groups excluding carboxylic acids is 5. The van der Waals surface area contributed by atoms with Gasteiger partial charge in [-0.25, -0.2) is 4.68 Å². The van der Waals surface area contributed by atoms with Crippen molar-refractivity contribution >= 4 is 56.2 Å². The number of amides is 3. The molecule has 0 aliphatic rings. The summed E-state index contributed by atoms with van der Waals surface area (Å²) in [6.45, 7) is 8.63. The number of ketones is 1. The summed E-state index contributed by atoms with van der Waals surface area (Å²) in [6, 6.07) is 9.30. The molecule has 0 radical (unpaired) electrons. The lowest BCUT2D eigenvalue weighted by Gasteiger charge is -2.27. The number of ether oxygens (including phenoxy) is 2. The smallest absolute Gasteiger partial charge is 0.308 e. The molecule has 0 fully saturated rings. The van der Waals surface area contributed by atoms with E-state index in [0.29, 0.717) is 16.8 Å². The van der Waals surface area contributed by atoms with Gasteiger partial charge in [-0.1, -0.05) is 66.2 Å². The number of tetrazole rings is 1. The number of aromatic nitrogens is 4. The molecule has 0 spiro atoms. The summed E-state index contributed by atoms with van der Waals surface area (Å²) in [6.07, 6.45) is -0.102. The number of methoxy groups -OCH3 is 1. The van der Waals surface area contributed by atoms with E-state index in [1.807, 2.05) is 30.3 Å². The maximum Gasteiger partial charge on any atom is 0.308 e. The normalized spacial score (nSPS) is 13.4. The second kappa shape index (κ2) is 17.1. The van der Waals surface area contributed by atoms with Crippen LogP contribution >= 0.6 is 15.9 Å². The molecule has 3 N–H and O–H groups in total. The fourth-order valence-electron chi connectivity index (χ4n) is 4.77. The number of aryl methyl sites for hydroxylation is 1. The van der Waals surface area contributed by atoms with E-state index in [2.05, 4.69) is 47.4 Å². The van der Waals surface area contributed by atoms with Crippen LogP contribution in [0.3, 0.4) is 0 Å². The predicted molar refractivity (Wildman–Crippen MR) is 176 cm³/mol. The minimum Gasteiger partial charge on any atom is -0.460 e. The van der Waals surface area contributed by atoms with E-state index in [1.54, 1.807) is 46.8 Å². The largest absolute Gasteiger partial charge is 0.460 e. The van der Waals surface area contributed by atoms with Crippen molar-refractivity contribution in [1.82, 2.24) is 36.2 Å². The van der Waals surface area contributed by atoms with Crippen molar-refractivity contribution in [2.24, 2.45) is 5.92 Å². The molecule has 0 saturated heterocycles. The molecule has 0 bridgehead atoms. The van der Waals surface area contributed by atoms with Gasteiger partial charge in [0, 0.05) is 19.1 Å². The third kappa shape index (κ3) is 10.9. The second-order valence-electron chi connectivity index (χ2n) is 12.3. The van der Waals surface area contributed by atoms with Crippen molar-refractivity contribution in [3.8, 4) is 0 Å². The zero-order chi connectivity index (χ0) is 34.7. The number of Topliss-reactive ketones (excluding diaryl/α,β-unsaturated/α-hetero) is 1. The molecular formula is C32H42BrN7O7. The monoisotopic (exact) mass is 715 g/mol. The van der Waals surface area contributed by atoms with Crippen LogP contribution in [0.25, 0.3) is 10.8 Å². The Morgan fingerprint density at radius 3 is 2.30 bits per heavy atom. The van der Waals surface area contributed by atoms with E-state index in [-0.39, 0.29) is 31.3 Å². The van der Waals surface area contributed by atoms with Crippen LogP contribution in [0.2, 0.25) is 0 Å². The van der Waals surface area contributed by atoms with Gasteiger partial charge >= 0.3 is 5.97 Å². The van der Waals surface area contributed by atoms with E-state index in [0.717, 1.165) is 5.39 Å². The van der Waals surface area contributed by atoms with E-state index in [9.17, 15) is 24.0 Å². The summed E-state index contributed by atoms with van der Waals surface area (Å²) < 4.78 is 11.9. The number of alkyl halides is 1. The average Bonchev–Trinajstić information content (AvgIpc) is 3.46. The zero-order valence-corrected chi connectivity index (χ0v) is 29.0. The number of rotatable bonds is 16. The number of halogens is 1. The molecule has 3 rings (SSSR count). The molecule has 0 saturated carbocycles. The third-order valence-corrected chi connectivity index (χ3v) is 7.60. The van der Waals surface area contributed by atoms with Gasteiger partial charge in [0.05, 0.1) is 17.8 Å². The highest BCUT2D eigenvalue weighted by molar-refractivity contribution is 9.09. The SMILES string of the molecule is COCn1nnnc1CC[C@H](NC(=O)c1cccc2ccccc12)C(=O)N[C@H](C(=O)N[C@@H](CC(=O)OC(C)(C)C)C(=O)CBr)C(C)C. The highest BCUT2D eigenvalue weighted by atomic mass is 79.9. The fraction of sp³-hybridized carbons (Fsp3) is 0.500. The number of esters is 1. The lowest BCUT2D eigenvalue weighted by atomic mass is 10.00. The highest BCUT2D eigenvalue weighted by Crippen LogP contribution is 2.19. The molecule has 2 aromatic carbocycles.